The highest BCUT2D eigenvalue weighted by Crippen LogP contribution is 2.33. The molecule has 0 radical (unpaired) electrons. The van der Waals surface area contributed by atoms with E-state index in [1.54, 1.807) is 4.57 Å². The van der Waals surface area contributed by atoms with E-state index in [0.717, 1.165) is 22.2 Å². The lowest BCUT2D eigenvalue weighted by Gasteiger charge is -2.17. The lowest BCUT2D eigenvalue weighted by atomic mass is 10.1. The van der Waals surface area contributed by atoms with E-state index in [1.165, 1.54) is 0 Å². The molecule has 21 heavy (non-hydrogen) atoms. The Labute approximate surface area is 126 Å². The number of aliphatic hydroxyl groups excluding tert-OH is 3. The molecule has 4 atom stereocenters. The van der Waals surface area contributed by atoms with Crippen molar-refractivity contribution in [1.82, 2.24) is 9.55 Å². The summed E-state index contributed by atoms with van der Waals surface area (Å²) in [6, 6.07) is 3.95. The molecule has 1 saturated heterocycles. The number of aryl methyl sites for hydroxylation is 2. The number of benzene rings is 1. The van der Waals surface area contributed by atoms with Crippen LogP contribution >= 0.6 is 12.2 Å². The summed E-state index contributed by atoms with van der Waals surface area (Å²) in [5, 5.41) is 29.3. The van der Waals surface area contributed by atoms with E-state index in [2.05, 4.69) is 4.98 Å². The number of nitrogens with one attached hydrogen (secondary N) is 1. The van der Waals surface area contributed by atoms with E-state index in [1.807, 2.05) is 26.0 Å². The number of ether oxygens (including phenoxy) is 1. The van der Waals surface area contributed by atoms with Gasteiger partial charge in [0.05, 0.1) is 17.6 Å². The average molecular weight is 310 g/mol. The first-order valence-electron chi connectivity index (χ1n) is 6.78. The monoisotopic (exact) mass is 310 g/mol. The van der Waals surface area contributed by atoms with E-state index in [0.29, 0.717) is 4.77 Å². The number of hydrogen-bond acceptors (Lipinski definition) is 5. The summed E-state index contributed by atoms with van der Waals surface area (Å²) >= 11 is 5.31. The summed E-state index contributed by atoms with van der Waals surface area (Å²) in [6.45, 7) is 3.64. The van der Waals surface area contributed by atoms with Gasteiger partial charge in [-0.25, -0.2) is 0 Å². The fraction of sp³-hybridized carbons (Fsp3) is 0.500. The zero-order valence-electron chi connectivity index (χ0n) is 11.8. The second-order valence-corrected chi connectivity index (χ2v) is 5.87. The van der Waals surface area contributed by atoms with Crippen molar-refractivity contribution in [2.45, 2.75) is 38.4 Å². The number of nitrogens with zero attached hydrogens (tertiary/aromatic N) is 1. The molecule has 1 aliphatic heterocycles. The average Bonchev–Trinajstić information content (AvgIpc) is 2.89. The first kappa shape index (κ1) is 14.7. The van der Waals surface area contributed by atoms with Crippen molar-refractivity contribution in [3.05, 3.63) is 28.0 Å². The van der Waals surface area contributed by atoms with Crippen molar-refractivity contribution in [2.24, 2.45) is 0 Å². The number of imidazole rings is 1. The van der Waals surface area contributed by atoms with E-state index >= 15 is 0 Å². The molecule has 1 aliphatic rings. The lowest BCUT2D eigenvalue weighted by Crippen LogP contribution is -2.33. The van der Waals surface area contributed by atoms with Crippen LogP contribution in [-0.4, -0.2) is 49.8 Å². The number of aromatic amines is 1. The van der Waals surface area contributed by atoms with Crippen LogP contribution in [0.5, 0.6) is 0 Å². The van der Waals surface area contributed by atoms with Crippen LogP contribution in [0.4, 0.5) is 0 Å². The Morgan fingerprint density at radius 3 is 2.52 bits per heavy atom. The molecule has 0 aliphatic carbocycles. The predicted molar refractivity (Wildman–Crippen MR) is 79.6 cm³/mol. The van der Waals surface area contributed by atoms with Crippen molar-refractivity contribution in [2.75, 3.05) is 6.61 Å². The van der Waals surface area contributed by atoms with Crippen LogP contribution in [-0.2, 0) is 4.74 Å². The van der Waals surface area contributed by atoms with Gasteiger partial charge in [0, 0.05) is 0 Å². The molecule has 0 amide bonds. The number of aromatic nitrogens is 2. The van der Waals surface area contributed by atoms with Gasteiger partial charge >= 0.3 is 0 Å². The van der Waals surface area contributed by atoms with Gasteiger partial charge in [0.2, 0.25) is 0 Å². The van der Waals surface area contributed by atoms with Crippen LogP contribution in [0.2, 0.25) is 0 Å². The summed E-state index contributed by atoms with van der Waals surface area (Å²) in [5.74, 6) is 0. The van der Waals surface area contributed by atoms with Gasteiger partial charge in [-0.15, -0.1) is 0 Å². The van der Waals surface area contributed by atoms with Crippen LogP contribution in [0, 0.1) is 18.6 Å². The van der Waals surface area contributed by atoms with Gasteiger partial charge in [0.25, 0.3) is 0 Å². The molecule has 0 saturated carbocycles. The van der Waals surface area contributed by atoms with E-state index in [9.17, 15) is 15.3 Å². The van der Waals surface area contributed by atoms with Gasteiger partial charge in [-0.2, -0.15) is 0 Å². The van der Waals surface area contributed by atoms with Crippen molar-refractivity contribution in [3.8, 4) is 0 Å². The molecule has 4 N–H and O–H groups in total. The van der Waals surface area contributed by atoms with Crippen molar-refractivity contribution in [3.63, 3.8) is 0 Å². The molecule has 6 nitrogen and oxygen atoms in total. The normalized spacial score (nSPS) is 29.4. The van der Waals surface area contributed by atoms with Gasteiger partial charge in [-0.05, 0) is 49.3 Å². The molecule has 0 spiro atoms. The maximum Gasteiger partial charge on any atom is 0.180 e. The molecule has 3 rings (SSSR count). The first-order chi connectivity index (χ1) is 9.93. The first-order valence-corrected chi connectivity index (χ1v) is 7.18. The topological polar surface area (TPSA) is 90.6 Å². The molecule has 2 aromatic rings. The zero-order chi connectivity index (χ0) is 15.3. The van der Waals surface area contributed by atoms with Crippen LogP contribution in [0.25, 0.3) is 11.0 Å². The Kier molecular flexibility index (Phi) is 3.62. The van der Waals surface area contributed by atoms with Crippen LogP contribution < -0.4 is 0 Å². The quantitative estimate of drug-likeness (QED) is 0.620. The minimum absolute atomic E-state index is 0.359. The lowest BCUT2D eigenvalue weighted by molar-refractivity contribution is -0.0514. The summed E-state index contributed by atoms with van der Waals surface area (Å²) in [4.78, 5) is 3.08. The Morgan fingerprint density at radius 1 is 1.24 bits per heavy atom. The minimum atomic E-state index is -1.14. The molecule has 1 aromatic carbocycles. The zero-order valence-corrected chi connectivity index (χ0v) is 12.6. The SMILES string of the molecule is Cc1cc2[nH]c(=S)n([C@@H]3O[C@@H](CO)[C@@H](O)[C@H]3O)c2cc1C. The third kappa shape index (κ3) is 2.21. The number of fused-ring (bicyclic) bond motifs is 1. The van der Waals surface area contributed by atoms with Crippen molar-refractivity contribution >= 4 is 23.3 Å². The van der Waals surface area contributed by atoms with Gasteiger partial charge in [0.1, 0.15) is 18.3 Å². The second-order valence-electron chi connectivity index (χ2n) is 5.48. The summed E-state index contributed by atoms with van der Waals surface area (Å²) in [6.07, 6.45) is -3.92. The minimum Gasteiger partial charge on any atom is -0.394 e. The fourth-order valence-corrected chi connectivity index (χ4v) is 3.04. The van der Waals surface area contributed by atoms with Gasteiger partial charge in [0.15, 0.2) is 11.0 Å². The van der Waals surface area contributed by atoms with Crippen LogP contribution in [0.15, 0.2) is 12.1 Å². The highest BCUT2D eigenvalue weighted by molar-refractivity contribution is 7.71. The summed E-state index contributed by atoms with van der Waals surface area (Å²) < 4.78 is 7.63. The third-order valence-corrected chi connectivity index (χ3v) is 4.40. The molecule has 1 aromatic heterocycles. The van der Waals surface area contributed by atoms with Gasteiger partial charge in [-0.1, -0.05) is 0 Å². The highest BCUT2D eigenvalue weighted by atomic mass is 32.1. The summed E-state index contributed by atoms with van der Waals surface area (Å²) in [5.41, 5.74) is 3.88. The molecule has 0 bridgehead atoms. The third-order valence-electron chi connectivity index (χ3n) is 4.10. The number of aliphatic hydroxyl groups is 3. The number of hydrogen-bond donors (Lipinski definition) is 4. The number of H-pyrrole nitrogens is 1. The van der Waals surface area contributed by atoms with Gasteiger partial charge in [-0.3, -0.25) is 4.57 Å². The van der Waals surface area contributed by atoms with Crippen molar-refractivity contribution in [1.29, 1.82) is 0 Å². The standard InChI is InChI=1S/C14H18N2O4S/c1-6-3-8-9(4-7(6)2)16(14(21)15-8)13-12(19)11(18)10(5-17)20-13/h3-4,10-13,17-19H,5H2,1-2H3,(H,15,21)/t10-,11+,12+,13+/m0/s1. The van der Waals surface area contributed by atoms with Crippen molar-refractivity contribution < 1.29 is 20.1 Å². The predicted octanol–water partition coefficient (Wildman–Crippen LogP) is 0.927. The molecule has 2 heterocycles. The van der Waals surface area contributed by atoms with E-state index in [4.69, 9.17) is 17.0 Å². The Bertz CT molecular complexity index is 738. The molecular formula is C14H18N2O4S. The Hall–Kier alpha value is -1.25. The number of rotatable bonds is 2. The second kappa shape index (κ2) is 5.19. The van der Waals surface area contributed by atoms with E-state index < -0.39 is 24.5 Å². The maximum absolute atomic E-state index is 10.2. The molecule has 7 heteroatoms. The van der Waals surface area contributed by atoms with E-state index in [-0.39, 0.29) is 6.61 Å². The summed E-state index contributed by atoms with van der Waals surface area (Å²) in [7, 11) is 0. The Morgan fingerprint density at radius 2 is 1.90 bits per heavy atom. The van der Waals surface area contributed by atoms with Crippen LogP contribution in [0.1, 0.15) is 17.4 Å². The molecular weight excluding hydrogens is 292 g/mol. The maximum atomic E-state index is 10.2. The van der Waals surface area contributed by atoms with Crippen LogP contribution in [0.3, 0.4) is 0 Å². The molecule has 1 fully saturated rings. The Balaban J connectivity index is 2.15. The smallest absolute Gasteiger partial charge is 0.180 e. The largest absolute Gasteiger partial charge is 0.394 e. The highest BCUT2D eigenvalue weighted by Gasteiger charge is 2.44. The molecule has 0 unspecified atom stereocenters. The molecule has 114 valence electrons. The fourth-order valence-electron chi connectivity index (χ4n) is 2.73. The van der Waals surface area contributed by atoms with Gasteiger partial charge < -0.3 is 25.0 Å².